The Bertz CT molecular complexity index is 671. The first-order valence-corrected chi connectivity index (χ1v) is 6.91. The van der Waals surface area contributed by atoms with Gasteiger partial charge in [0.15, 0.2) is 0 Å². The molecule has 2 aromatic carbocycles. The van der Waals surface area contributed by atoms with Crippen LogP contribution in [0.1, 0.15) is 16.7 Å². The fraction of sp³-hybridized carbons (Fsp3) is 0.118. The van der Waals surface area contributed by atoms with Crippen LogP contribution in [0.25, 0.3) is 0 Å². The Kier molecular flexibility index (Phi) is 4.60. The fourth-order valence-electron chi connectivity index (χ4n) is 1.74. The summed E-state index contributed by atoms with van der Waals surface area (Å²) < 4.78 is 6.24. The molecule has 3 heteroatoms. The van der Waals surface area contributed by atoms with Crippen molar-refractivity contribution in [1.82, 2.24) is 0 Å². The average Bonchev–Trinajstić information content (AvgIpc) is 2.43. The third kappa shape index (κ3) is 3.72. The van der Waals surface area contributed by atoms with E-state index in [1.54, 1.807) is 12.1 Å². The van der Waals surface area contributed by atoms with E-state index < -0.39 is 5.97 Å². The molecule has 0 aromatic heterocycles. The minimum Gasteiger partial charge on any atom is -0.417 e. The van der Waals surface area contributed by atoms with Crippen molar-refractivity contribution in [3.63, 3.8) is 0 Å². The molecule has 0 bridgehead atoms. The lowest BCUT2D eigenvalue weighted by Gasteiger charge is -2.06. The van der Waals surface area contributed by atoms with E-state index in [0.29, 0.717) is 5.75 Å². The highest BCUT2D eigenvalue weighted by molar-refractivity contribution is 9.10. The Labute approximate surface area is 126 Å². The molecule has 20 heavy (non-hydrogen) atoms. The molecule has 0 N–H and O–H groups in total. The molecule has 100 valence electrons. The summed E-state index contributed by atoms with van der Waals surface area (Å²) >= 11 is 3.47. The van der Waals surface area contributed by atoms with Crippen LogP contribution in [-0.4, -0.2) is 5.97 Å². The molecule has 0 heterocycles. The molecule has 0 fully saturated rings. The molecular formula is C17H13BrO2. The van der Waals surface area contributed by atoms with Crippen molar-refractivity contribution in [3.8, 4) is 17.6 Å². The van der Waals surface area contributed by atoms with Gasteiger partial charge in [0.1, 0.15) is 5.75 Å². The molecule has 2 rings (SSSR count). The van der Waals surface area contributed by atoms with E-state index in [2.05, 4.69) is 27.8 Å². The van der Waals surface area contributed by atoms with Crippen LogP contribution in [0.5, 0.6) is 5.75 Å². The van der Waals surface area contributed by atoms with Crippen LogP contribution < -0.4 is 4.74 Å². The van der Waals surface area contributed by atoms with Gasteiger partial charge >= 0.3 is 5.97 Å². The largest absolute Gasteiger partial charge is 0.417 e. The maximum Gasteiger partial charge on any atom is 0.390 e. The SMILES string of the molecule is Cc1cc(OC(=O)C#Cc2ccccc2)cc(C)c1Br. The first-order chi connectivity index (χ1) is 9.56. The zero-order valence-corrected chi connectivity index (χ0v) is 12.8. The van der Waals surface area contributed by atoms with Crippen molar-refractivity contribution in [1.29, 1.82) is 0 Å². The van der Waals surface area contributed by atoms with Crippen LogP contribution in [0.15, 0.2) is 46.9 Å². The smallest absolute Gasteiger partial charge is 0.390 e. The molecule has 2 aromatic rings. The first-order valence-electron chi connectivity index (χ1n) is 6.12. The number of carbonyl (C=O) groups excluding carboxylic acids is 1. The van der Waals surface area contributed by atoms with Crippen molar-refractivity contribution in [2.45, 2.75) is 13.8 Å². The highest BCUT2D eigenvalue weighted by Gasteiger charge is 2.06. The summed E-state index contributed by atoms with van der Waals surface area (Å²) in [6, 6.07) is 12.9. The second kappa shape index (κ2) is 6.40. The van der Waals surface area contributed by atoms with Gasteiger partial charge in [-0.2, -0.15) is 0 Å². The van der Waals surface area contributed by atoms with E-state index in [-0.39, 0.29) is 0 Å². The van der Waals surface area contributed by atoms with Crippen molar-refractivity contribution >= 4 is 21.9 Å². The molecular weight excluding hydrogens is 316 g/mol. The topological polar surface area (TPSA) is 26.3 Å². The van der Waals surface area contributed by atoms with Crippen molar-refractivity contribution in [2.75, 3.05) is 0 Å². The second-order valence-corrected chi connectivity index (χ2v) is 5.17. The van der Waals surface area contributed by atoms with E-state index in [9.17, 15) is 4.79 Å². The van der Waals surface area contributed by atoms with Gasteiger partial charge in [-0.3, -0.25) is 0 Å². The monoisotopic (exact) mass is 328 g/mol. The molecule has 0 amide bonds. The quantitative estimate of drug-likeness (QED) is 0.449. The van der Waals surface area contributed by atoms with Crippen molar-refractivity contribution < 1.29 is 9.53 Å². The molecule has 0 saturated carbocycles. The molecule has 0 spiro atoms. The molecule has 0 aliphatic rings. The molecule has 0 aliphatic carbocycles. The fourth-order valence-corrected chi connectivity index (χ4v) is 1.97. The molecule has 0 saturated heterocycles. The summed E-state index contributed by atoms with van der Waals surface area (Å²) in [6.45, 7) is 3.90. The first kappa shape index (κ1) is 14.4. The van der Waals surface area contributed by atoms with Crippen LogP contribution in [0.2, 0.25) is 0 Å². The number of rotatable bonds is 1. The Balaban J connectivity index is 2.11. The lowest BCUT2D eigenvalue weighted by atomic mass is 10.1. The number of halogens is 1. The lowest BCUT2D eigenvalue weighted by Crippen LogP contribution is -2.05. The van der Waals surface area contributed by atoms with Gasteiger partial charge < -0.3 is 4.74 Å². The predicted octanol–water partition coefficient (Wildman–Crippen LogP) is 4.02. The average molecular weight is 329 g/mol. The maximum absolute atomic E-state index is 11.7. The van der Waals surface area contributed by atoms with Gasteiger partial charge in [0.2, 0.25) is 0 Å². The van der Waals surface area contributed by atoms with E-state index in [1.807, 2.05) is 44.2 Å². The summed E-state index contributed by atoms with van der Waals surface area (Å²) in [4.78, 5) is 11.7. The Morgan fingerprint density at radius 1 is 1.10 bits per heavy atom. The molecule has 2 nitrogen and oxygen atoms in total. The van der Waals surface area contributed by atoms with Gasteiger partial charge in [0.05, 0.1) is 0 Å². The highest BCUT2D eigenvalue weighted by atomic mass is 79.9. The van der Waals surface area contributed by atoms with Crippen LogP contribution in [0, 0.1) is 25.7 Å². The summed E-state index contributed by atoms with van der Waals surface area (Å²) in [5.74, 6) is 5.20. The minimum atomic E-state index is -0.560. The van der Waals surface area contributed by atoms with Crippen LogP contribution >= 0.6 is 15.9 Å². The molecule has 0 unspecified atom stereocenters. The van der Waals surface area contributed by atoms with Gasteiger partial charge in [-0.1, -0.05) is 40.0 Å². The molecule has 0 atom stereocenters. The van der Waals surface area contributed by atoms with Gasteiger partial charge in [-0.15, -0.1) is 0 Å². The van der Waals surface area contributed by atoms with E-state index >= 15 is 0 Å². The van der Waals surface area contributed by atoms with Gasteiger partial charge in [-0.25, -0.2) is 4.79 Å². The van der Waals surface area contributed by atoms with Crippen molar-refractivity contribution in [3.05, 3.63) is 63.6 Å². The maximum atomic E-state index is 11.7. The van der Waals surface area contributed by atoms with Crippen molar-refractivity contribution in [2.24, 2.45) is 0 Å². The van der Waals surface area contributed by atoms with E-state index in [1.165, 1.54) is 0 Å². The third-order valence-electron chi connectivity index (χ3n) is 2.70. The van der Waals surface area contributed by atoms with Gasteiger partial charge in [0.25, 0.3) is 0 Å². The van der Waals surface area contributed by atoms with E-state index in [4.69, 9.17) is 4.74 Å². The van der Waals surface area contributed by atoms with Gasteiger partial charge in [0, 0.05) is 16.0 Å². The summed E-state index contributed by atoms with van der Waals surface area (Å²) in [5.41, 5.74) is 2.82. The third-order valence-corrected chi connectivity index (χ3v) is 3.95. The number of benzene rings is 2. The highest BCUT2D eigenvalue weighted by Crippen LogP contribution is 2.26. The van der Waals surface area contributed by atoms with Crippen LogP contribution in [0.4, 0.5) is 0 Å². The second-order valence-electron chi connectivity index (χ2n) is 4.38. The number of aryl methyl sites for hydroxylation is 2. The minimum absolute atomic E-state index is 0.510. The predicted molar refractivity (Wildman–Crippen MR) is 82.6 cm³/mol. The molecule has 0 radical (unpaired) electrons. The zero-order valence-electron chi connectivity index (χ0n) is 11.2. The van der Waals surface area contributed by atoms with Crippen LogP contribution in [-0.2, 0) is 4.79 Å². The van der Waals surface area contributed by atoms with Gasteiger partial charge in [-0.05, 0) is 49.2 Å². The number of carbonyl (C=O) groups is 1. The Morgan fingerprint density at radius 2 is 1.70 bits per heavy atom. The van der Waals surface area contributed by atoms with E-state index in [0.717, 1.165) is 21.2 Å². The number of hydrogen-bond acceptors (Lipinski definition) is 2. The summed E-state index contributed by atoms with van der Waals surface area (Å²) in [6.07, 6.45) is 0. The lowest BCUT2D eigenvalue weighted by molar-refractivity contribution is -0.128. The summed E-state index contributed by atoms with van der Waals surface area (Å²) in [7, 11) is 0. The standard InChI is InChI=1S/C17H13BrO2/c1-12-10-15(11-13(2)17(12)18)20-16(19)9-8-14-6-4-3-5-7-14/h3-7,10-11H,1-2H3. The summed E-state index contributed by atoms with van der Waals surface area (Å²) in [5, 5.41) is 0. The number of hydrogen-bond donors (Lipinski definition) is 0. The molecule has 0 aliphatic heterocycles. The zero-order chi connectivity index (χ0) is 14.5. The Morgan fingerprint density at radius 3 is 2.30 bits per heavy atom. The number of ether oxygens (including phenoxy) is 1. The Hall–Kier alpha value is -2.05. The van der Waals surface area contributed by atoms with Crippen LogP contribution in [0.3, 0.4) is 0 Å². The number of esters is 1. The normalized spacial score (nSPS) is 9.55.